The van der Waals surface area contributed by atoms with E-state index >= 15 is 0 Å². The van der Waals surface area contributed by atoms with Crippen molar-refractivity contribution in [3.8, 4) is 17.0 Å². The number of aromatic nitrogens is 3. The Morgan fingerprint density at radius 2 is 2.10 bits per heavy atom. The fourth-order valence-corrected chi connectivity index (χ4v) is 3.86. The van der Waals surface area contributed by atoms with Crippen LogP contribution in [0.25, 0.3) is 11.3 Å². The van der Waals surface area contributed by atoms with Crippen molar-refractivity contribution in [2.75, 3.05) is 19.0 Å². The van der Waals surface area contributed by atoms with Gasteiger partial charge >= 0.3 is 0 Å². The van der Waals surface area contributed by atoms with Crippen molar-refractivity contribution in [1.82, 2.24) is 15.0 Å². The predicted molar refractivity (Wildman–Crippen MR) is 114 cm³/mol. The van der Waals surface area contributed by atoms with Crippen molar-refractivity contribution in [2.24, 2.45) is 0 Å². The number of aliphatic hydroxyl groups is 1. The van der Waals surface area contributed by atoms with Gasteiger partial charge in [0, 0.05) is 45.8 Å². The number of hydrogen-bond acceptors (Lipinski definition) is 6. The molecule has 0 aliphatic heterocycles. The molecule has 6 nitrogen and oxygen atoms in total. The van der Waals surface area contributed by atoms with E-state index in [4.69, 9.17) is 16.3 Å². The highest BCUT2D eigenvalue weighted by Gasteiger charge is 2.34. The zero-order valence-corrected chi connectivity index (χ0v) is 17.4. The normalized spacial score (nSPS) is 17.8. The lowest BCUT2D eigenvalue weighted by Crippen LogP contribution is -2.23. The molecule has 0 radical (unpaired) electrons. The quantitative estimate of drug-likeness (QED) is 0.646. The molecule has 1 unspecified atom stereocenters. The van der Waals surface area contributed by atoms with E-state index in [1.807, 2.05) is 25.3 Å². The molecule has 1 atom stereocenters. The molecular formula is C22H23ClN4O2. The number of ether oxygens (including phenoxy) is 1. The smallest absolute Gasteiger partial charge is 0.227 e. The van der Waals surface area contributed by atoms with Crippen LogP contribution in [0.1, 0.15) is 30.2 Å². The highest BCUT2D eigenvalue weighted by Crippen LogP contribution is 2.39. The molecule has 2 aromatic heterocycles. The largest absolute Gasteiger partial charge is 0.497 e. The number of nitrogens with one attached hydrogen (secondary N) is 1. The Balaban J connectivity index is 1.68. The molecule has 1 aliphatic carbocycles. The van der Waals surface area contributed by atoms with Crippen LogP contribution >= 0.6 is 11.6 Å². The highest BCUT2D eigenvalue weighted by molar-refractivity contribution is 6.31. The number of halogens is 1. The number of methoxy groups -OCH3 is 1. The average Bonchev–Trinajstić information content (AvgIpc) is 3.08. The molecule has 0 fully saturated rings. The monoisotopic (exact) mass is 410 g/mol. The summed E-state index contributed by atoms with van der Waals surface area (Å²) in [5.41, 5.74) is 5.24. The molecule has 0 amide bonds. The summed E-state index contributed by atoms with van der Waals surface area (Å²) < 4.78 is 5.30. The summed E-state index contributed by atoms with van der Waals surface area (Å²) in [5, 5.41) is 13.7. The first-order valence-electron chi connectivity index (χ1n) is 9.48. The van der Waals surface area contributed by atoms with Gasteiger partial charge in [-0.2, -0.15) is 0 Å². The fraction of sp³-hybridized carbons (Fsp3) is 0.318. The third-order valence-corrected chi connectivity index (χ3v) is 6.03. The van der Waals surface area contributed by atoms with E-state index in [2.05, 4.69) is 33.3 Å². The van der Waals surface area contributed by atoms with E-state index in [0.717, 1.165) is 46.6 Å². The van der Waals surface area contributed by atoms with E-state index in [1.165, 1.54) is 0 Å². The Morgan fingerprint density at radius 3 is 2.86 bits per heavy atom. The lowest BCUT2D eigenvalue weighted by Gasteiger charge is -2.22. The summed E-state index contributed by atoms with van der Waals surface area (Å²) in [6, 6.07) is 7.57. The number of aliphatic hydroxyl groups excluding tert-OH is 1. The Labute approximate surface area is 175 Å². The summed E-state index contributed by atoms with van der Waals surface area (Å²) in [4.78, 5) is 13.6. The summed E-state index contributed by atoms with van der Waals surface area (Å²) in [6.45, 7) is 4.11. The molecule has 3 aromatic rings. The van der Waals surface area contributed by atoms with Gasteiger partial charge in [-0.15, -0.1) is 0 Å². The number of rotatable bonds is 5. The third-order valence-electron chi connectivity index (χ3n) is 5.63. The Bertz CT molecular complexity index is 1070. The molecular weight excluding hydrogens is 388 g/mol. The molecule has 2 N–H and O–H groups in total. The second kappa shape index (κ2) is 7.61. The number of benzene rings is 1. The van der Waals surface area contributed by atoms with E-state index < -0.39 is 0 Å². The molecule has 2 heterocycles. The minimum atomic E-state index is -0.249. The lowest BCUT2D eigenvalue weighted by molar-refractivity contribution is 0.206. The van der Waals surface area contributed by atoms with E-state index in [-0.39, 0.29) is 12.0 Å². The van der Waals surface area contributed by atoms with Gasteiger partial charge in [-0.1, -0.05) is 18.5 Å². The maximum absolute atomic E-state index is 9.85. The lowest BCUT2D eigenvalue weighted by atomic mass is 9.85. The first-order valence-corrected chi connectivity index (χ1v) is 9.86. The van der Waals surface area contributed by atoms with Gasteiger partial charge in [0.15, 0.2) is 0 Å². The SMILES string of the molecule is COc1cc(Cl)c(C)c(Nc2nccc(-c3cnc4c(c3)C(C)(CO)CC4)n2)c1. The molecule has 1 aromatic carbocycles. The second-order valence-corrected chi connectivity index (χ2v) is 8.02. The molecule has 0 saturated carbocycles. The zero-order valence-electron chi connectivity index (χ0n) is 16.7. The van der Waals surface area contributed by atoms with Gasteiger partial charge < -0.3 is 15.2 Å². The summed E-state index contributed by atoms with van der Waals surface area (Å²) in [6.07, 6.45) is 5.34. The van der Waals surface area contributed by atoms with Crippen LogP contribution in [-0.2, 0) is 11.8 Å². The van der Waals surface area contributed by atoms with Gasteiger partial charge in [-0.3, -0.25) is 4.98 Å². The van der Waals surface area contributed by atoms with Crippen LogP contribution in [0.5, 0.6) is 5.75 Å². The van der Waals surface area contributed by atoms with Crippen LogP contribution in [0.3, 0.4) is 0 Å². The third kappa shape index (κ3) is 3.66. The van der Waals surface area contributed by atoms with Gasteiger partial charge in [0.25, 0.3) is 0 Å². The molecule has 1 aliphatic rings. The number of aryl methyl sites for hydroxylation is 1. The second-order valence-electron chi connectivity index (χ2n) is 7.61. The Morgan fingerprint density at radius 1 is 1.28 bits per heavy atom. The van der Waals surface area contributed by atoms with Crippen LogP contribution in [-0.4, -0.2) is 33.8 Å². The number of anilines is 2. The van der Waals surface area contributed by atoms with Crippen LogP contribution in [0.2, 0.25) is 5.02 Å². The Hall–Kier alpha value is -2.70. The van der Waals surface area contributed by atoms with Gasteiger partial charge in [-0.05, 0) is 49.1 Å². The van der Waals surface area contributed by atoms with E-state index in [1.54, 1.807) is 19.4 Å². The van der Waals surface area contributed by atoms with Crippen molar-refractivity contribution in [3.05, 3.63) is 58.5 Å². The first-order chi connectivity index (χ1) is 13.9. The molecule has 0 bridgehead atoms. The minimum Gasteiger partial charge on any atom is -0.497 e. The highest BCUT2D eigenvalue weighted by atomic mass is 35.5. The van der Waals surface area contributed by atoms with Crippen LogP contribution in [0.4, 0.5) is 11.6 Å². The van der Waals surface area contributed by atoms with Gasteiger partial charge in [0.2, 0.25) is 5.95 Å². The molecule has 150 valence electrons. The number of pyridine rings is 1. The number of hydrogen-bond donors (Lipinski definition) is 2. The standard InChI is InChI=1S/C22H23ClN4O2/c1-13-17(23)9-15(29-3)10-20(13)27-21-24-7-5-18(26-21)14-8-16-19(25-11-14)4-6-22(16,2)12-28/h5,7-11,28H,4,6,12H2,1-3H3,(H,24,26,27). The summed E-state index contributed by atoms with van der Waals surface area (Å²) in [5.74, 6) is 1.12. The summed E-state index contributed by atoms with van der Waals surface area (Å²) >= 11 is 6.30. The molecule has 7 heteroatoms. The van der Waals surface area contributed by atoms with Crippen molar-refractivity contribution >= 4 is 23.2 Å². The van der Waals surface area contributed by atoms with Gasteiger partial charge in [0.05, 0.1) is 19.4 Å². The van der Waals surface area contributed by atoms with E-state index in [9.17, 15) is 5.11 Å². The molecule has 0 spiro atoms. The van der Waals surface area contributed by atoms with Crippen LogP contribution in [0.15, 0.2) is 36.7 Å². The van der Waals surface area contributed by atoms with Gasteiger partial charge in [0.1, 0.15) is 5.75 Å². The molecule has 29 heavy (non-hydrogen) atoms. The van der Waals surface area contributed by atoms with Crippen LogP contribution in [0, 0.1) is 6.92 Å². The maximum atomic E-state index is 9.85. The Kier molecular flexibility index (Phi) is 5.15. The number of nitrogens with zero attached hydrogens (tertiary/aromatic N) is 3. The van der Waals surface area contributed by atoms with Crippen molar-refractivity contribution in [1.29, 1.82) is 0 Å². The maximum Gasteiger partial charge on any atom is 0.227 e. The van der Waals surface area contributed by atoms with Crippen molar-refractivity contribution < 1.29 is 9.84 Å². The molecule has 0 saturated heterocycles. The first kappa shape index (κ1) is 19.6. The van der Waals surface area contributed by atoms with Gasteiger partial charge in [-0.25, -0.2) is 9.97 Å². The average molecular weight is 411 g/mol. The fourth-order valence-electron chi connectivity index (χ4n) is 3.65. The van der Waals surface area contributed by atoms with Crippen molar-refractivity contribution in [3.63, 3.8) is 0 Å². The topological polar surface area (TPSA) is 80.2 Å². The predicted octanol–water partition coefficient (Wildman–Crippen LogP) is 4.45. The number of fused-ring (bicyclic) bond motifs is 1. The minimum absolute atomic E-state index is 0.109. The zero-order chi connectivity index (χ0) is 20.6. The van der Waals surface area contributed by atoms with Crippen molar-refractivity contribution in [2.45, 2.75) is 32.1 Å². The van der Waals surface area contributed by atoms with Crippen LogP contribution < -0.4 is 10.1 Å². The van der Waals surface area contributed by atoms with E-state index in [0.29, 0.717) is 16.7 Å². The molecule has 4 rings (SSSR count). The summed E-state index contributed by atoms with van der Waals surface area (Å²) in [7, 11) is 1.60.